The summed E-state index contributed by atoms with van der Waals surface area (Å²) in [4.78, 5) is 33.6. The molecule has 4 aromatic rings. The van der Waals surface area contributed by atoms with Crippen molar-refractivity contribution < 1.29 is 14.6 Å². The Labute approximate surface area is 161 Å². The molecule has 0 amide bonds. The summed E-state index contributed by atoms with van der Waals surface area (Å²) in [6.45, 7) is 1.62. The molecule has 0 aliphatic heterocycles. The van der Waals surface area contributed by atoms with Gasteiger partial charge in [0.25, 0.3) is 5.56 Å². The highest BCUT2D eigenvalue weighted by Crippen LogP contribution is 2.34. The van der Waals surface area contributed by atoms with Crippen molar-refractivity contribution in [3.05, 3.63) is 68.9 Å². The van der Waals surface area contributed by atoms with Crippen molar-refractivity contribution in [3.8, 4) is 16.2 Å². The Balaban J connectivity index is 1.65. The normalized spacial score (nSPS) is 12.2. The van der Waals surface area contributed by atoms with E-state index in [9.17, 15) is 14.7 Å². The quantitative estimate of drug-likeness (QED) is 0.499. The zero-order valence-corrected chi connectivity index (χ0v) is 15.8. The summed E-state index contributed by atoms with van der Waals surface area (Å²) in [7, 11) is 0. The number of esters is 1. The number of hydrogen-bond donors (Lipinski definition) is 2. The van der Waals surface area contributed by atoms with Crippen LogP contribution in [0.5, 0.6) is 5.75 Å². The van der Waals surface area contributed by atoms with E-state index in [-0.39, 0.29) is 22.7 Å². The second kappa shape index (κ2) is 6.98. The fraction of sp³-hybridized carbons (Fsp3) is 0.105. The summed E-state index contributed by atoms with van der Waals surface area (Å²) >= 11 is 2.93. The molecule has 0 saturated carbocycles. The van der Waals surface area contributed by atoms with E-state index in [0.717, 1.165) is 10.4 Å². The number of carbonyl (C=O) groups is 1. The summed E-state index contributed by atoms with van der Waals surface area (Å²) in [6, 6.07) is 10.0. The van der Waals surface area contributed by atoms with Gasteiger partial charge in [-0.25, -0.2) is 9.78 Å². The molecule has 1 aromatic carbocycles. The van der Waals surface area contributed by atoms with Crippen LogP contribution in [0, 0.1) is 0 Å². The molecule has 0 bridgehead atoms. The van der Waals surface area contributed by atoms with Crippen molar-refractivity contribution in [2.24, 2.45) is 0 Å². The molecule has 0 saturated heterocycles. The highest BCUT2D eigenvalue weighted by Gasteiger charge is 2.20. The van der Waals surface area contributed by atoms with Crippen LogP contribution in [0.1, 0.15) is 29.2 Å². The number of aromatic nitrogens is 2. The smallest absolute Gasteiger partial charge is 0.342 e. The first-order valence-electron chi connectivity index (χ1n) is 8.09. The maximum absolute atomic E-state index is 12.6. The Morgan fingerprint density at radius 1 is 1.22 bits per heavy atom. The van der Waals surface area contributed by atoms with Gasteiger partial charge in [0.1, 0.15) is 16.1 Å². The minimum absolute atomic E-state index is 0.0591. The van der Waals surface area contributed by atoms with Crippen molar-refractivity contribution in [1.82, 2.24) is 9.97 Å². The number of phenolic OH excluding ortho intramolecular Hbond substituents is 1. The maximum atomic E-state index is 12.6. The topological polar surface area (TPSA) is 92.3 Å². The minimum Gasteiger partial charge on any atom is -0.507 e. The molecule has 0 radical (unpaired) electrons. The molecule has 0 unspecified atom stereocenters. The average molecular weight is 398 g/mol. The van der Waals surface area contributed by atoms with Crippen LogP contribution in [0.3, 0.4) is 0 Å². The molecular weight excluding hydrogens is 384 g/mol. The zero-order chi connectivity index (χ0) is 19.0. The molecule has 8 heteroatoms. The summed E-state index contributed by atoms with van der Waals surface area (Å²) in [6.07, 6.45) is -0.776. The number of carbonyl (C=O) groups excluding carboxylic acids is 1. The Morgan fingerprint density at radius 3 is 2.78 bits per heavy atom. The van der Waals surface area contributed by atoms with E-state index in [2.05, 4.69) is 9.97 Å². The van der Waals surface area contributed by atoms with Gasteiger partial charge in [0, 0.05) is 15.8 Å². The molecule has 3 aromatic heterocycles. The van der Waals surface area contributed by atoms with Gasteiger partial charge in [-0.3, -0.25) is 4.79 Å². The van der Waals surface area contributed by atoms with E-state index in [1.807, 2.05) is 22.9 Å². The van der Waals surface area contributed by atoms with Gasteiger partial charge in [-0.15, -0.1) is 22.7 Å². The number of aromatic amines is 1. The van der Waals surface area contributed by atoms with Crippen LogP contribution >= 0.6 is 22.7 Å². The number of fused-ring (bicyclic) bond motifs is 1. The number of benzene rings is 1. The Hall–Kier alpha value is -2.97. The number of para-hydroxylation sites is 1. The molecule has 0 aliphatic rings. The molecule has 3 heterocycles. The molecule has 0 fully saturated rings. The summed E-state index contributed by atoms with van der Waals surface area (Å²) in [5.41, 5.74) is 0.637. The van der Waals surface area contributed by atoms with Crippen LogP contribution in [0.15, 0.2) is 52.0 Å². The number of phenols is 1. The molecule has 2 N–H and O–H groups in total. The van der Waals surface area contributed by atoms with Gasteiger partial charge >= 0.3 is 5.97 Å². The van der Waals surface area contributed by atoms with Crippen LogP contribution in [0.4, 0.5) is 0 Å². The molecule has 0 aliphatic carbocycles. The zero-order valence-electron chi connectivity index (χ0n) is 14.1. The largest absolute Gasteiger partial charge is 0.507 e. The van der Waals surface area contributed by atoms with Gasteiger partial charge in [-0.2, -0.15) is 0 Å². The highest BCUT2D eigenvalue weighted by atomic mass is 32.1. The predicted molar refractivity (Wildman–Crippen MR) is 105 cm³/mol. The summed E-state index contributed by atoms with van der Waals surface area (Å²) in [5, 5.41) is 14.2. The number of aromatic hydroxyl groups is 1. The van der Waals surface area contributed by atoms with Gasteiger partial charge < -0.3 is 14.8 Å². The van der Waals surface area contributed by atoms with Crippen LogP contribution in [0.2, 0.25) is 0 Å². The molecule has 4 rings (SSSR count). The number of rotatable bonds is 4. The van der Waals surface area contributed by atoms with Gasteiger partial charge in [0.2, 0.25) is 0 Å². The monoisotopic (exact) mass is 398 g/mol. The van der Waals surface area contributed by atoms with Gasteiger partial charge in [-0.05, 0) is 30.5 Å². The lowest BCUT2D eigenvalue weighted by atomic mass is 10.2. The average Bonchev–Trinajstić information content (AvgIpc) is 3.31. The first-order chi connectivity index (χ1) is 13.0. The first-order valence-corrected chi connectivity index (χ1v) is 9.85. The van der Waals surface area contributed by atoms with Gasteiger partial charge in [-0.1, -0.05) is 18.2 Å². The van der Waals surface area contributed by atoms with Crippen LogP contribution < -0.4 is 5.56 Å². The van der Waals surface area contributed by atoms with Crippen molar-refractivity contribution in [2.75, 3.05) is 0 Å². The van der Waals surface area contributed by atoms with Gasteiger partial charge in [0.15, 0.2) is 11.9 Å². The van der Waals surface area contributed by atoms with Crippen molar-refractivity contribution in [3.63, 3.8) is 0 Å². The molecular formula is C19H14N2O4S2. The third-order valence-corrected chi connectivity index (χ3v) is 5.82. The number of nitrogens with one attached hydrogen (secondary N) is 1. The Bertz CT molecular complexity index is 1180. The molecule has 27 heavy (non-hydrogen) atoms. The van der Waals surface area contributed by atoms with E-state index in [4.69, 9.17) is 4.74 Å². The summed E-state index contributed by atoms with van der Waals surface area (Å²) in [5.74, 6) is -0.588. The standard InChI is InChI=1S/C19H14N2O4S2/c1-10(25-19(24)11-5-2-3-6-13(11)22)16-20-17(23)15-12(9-27-18(15)21-16)14-7-4-8-26-14/h2-10,22H,1H3,(H,20,21,23)/t10-/m1/s1. The van der Waals surface area contributed by atoms with Crippen LogP contribution in [-0.4, -0.2) is 21.0 Å². The number of H-pyrrole nitrogens is 1. The van der Waals surface area contributed by atoms with E-state index in [1.54, 1.807) is 30.4 Å². The lowest BCUT2D eigenvalue weighted by Gasteiger charge is -2.13. The van der Waals surface area contributed by atoms with Gasteiger partial charge in [0.05, 0.1) is 5.39 Å². The fourth-order valence-corrected chi connectivity index (χ4v) is 4.47. The van der Waals surface area contributed by atoms with E-state index >= 15 is 0 Å². The molecule has 136 valence electrons. The maximum Gasteiger partial charge on any atom is 0.342 e. The first kappa shape index (κ1) is 17.4. The minimum atomic E-state index is -0.776. The highest BCUT2D eigenvalue weighted by molar-refractivity contribution is 7.18. The number of nitrogens with zero attached hydrogens (tertiary/aromatic N) is 1. The van der Waals surface area contributed by atoms with E-state index in [1.165, 1.54) is 23.5 Å². The molecule has 1 atom stereocenters. The molecule has 0 spiro atoms. The lowest BCUT2D eigenvalue weighted by Crippen LogP contribution is -2.17. The van der Waals surface area contributed by atoms with E-state index < -0.39 is 12.1 Å². The second-order valence-electron chi connectivity index (χ2n) is 5.82. The van der Waals surface area contributed by atoms with E-state index in [0.29, 0.717) is 10.2 Å². The van der Waals surface area contributed by atoms with Crippen molar-refractivity contribution in [1.29, 1.82) is 0 Å². The van der Waals surface area contributed by atoms with Crippen LogP contribution in [0.25, 0.3) is 20.7 Å². The predicted octanol–water partition coefficient (Wildman–Crippen LogP) is 4.34. The summed E-state index contributed by atoms with van der Waals surface area (Å²) < 4.78 is 5.36. The number of ether oxygens (including phenoxy) is 1. The Kier molecular flexibility index (Phi) is 4.51. The lowest BCUT2D eigenvalue weighted by molar-refractivity contribution is 0.0317. The molecule has 6 nitrogen and oxygen atoms in total. The Morgan fingerprint density at radius 2 is 2.04 bits per heavy atom. The fourth-order valence-electron chi connectivity index (χ4n) is 2.70. The third-order valence-electron chi connectivity index (χ3n) is 4.04. The van der Waals surface area contributed by atoms with Crippen molar-refractivity contribution in [2.45, 2.75) is 13.0 Å². The number of hydrogen-bond acceptors (Lipinski definition) is 7. The number of thiophene rings is 2. The van der Waals surface area contributed by atoms with Crippen molar-refractivity contribution >= 4 is 38.9 Å². The van der Waals surface area contributed by atoms with Crippen LogP contribution in [-0.2, 0) is 4.74 Å². The second-order valence-corrected chi connectivity index (χ2v) is 7.63. The SMILES string of the molecule is C[C@@H](OC(=O)c1ccccc1O)c1nc2scc(-c3cccs3)c2c(=O)[nH]1. The third kappa shape index (κ3) is 3.24.